The SMILES string of the molecule is Cc1c(-c2cc(C3CCCC3)cc[n+]2C)ccc2c1oc1cc3ccccc3cc12. The Balaban J connectivity index is 1.56. The molecule has 0 atom stereocenters. The lowest BCUT2D eigenvalue weighted by Gasteiger charge is -2.11. The first kappa shape index (κ1) is 17.7. The molecule has 2 nitrogen and oxygen atoms in total. The van der Waals surface area contributed by atoms with Crippen molar-refractivity contribution in [1.82, 2.24) is 0 Å². The van der Waals surface area contributed by atoms with Crippen molar-refractivity contribution >= 4 is 32.7 Å². The number of aryl methyl sites for hydroxylation is 2. The molecule has 0 bridgehead atoms. The van der Waals surface area contributed by atoms with Crippen LogP contribution >= 0.6 is 0 Å². The molecule has 1 aliphatic carbocycles. The molecule has 0 spiro atoms. The second-order valence-electron chi connectivity index (χ2n) is 8.85. The van der Waals surface area contributed by atoms with Crippen molar-refractivity contribution in [2.75, 3.05) is 0 Å². The second-order valence-corrected chi connectivity index (χ2v) is 8.85. The molecule has 0 unspecified atom stereocenters. The maximum Gasteiger partial charge on any atom is 0.212 e. The van der Waals surface area contributed by atoms with Gasteiger partial charge in [0.25, 0.3) is 0 Å². The van der Waals surface area contributed by atoms with Crippen LogP contribution in [0.25, 0.3) is 44.0 Å². The summed E-state index contributed by atoms with van der Waals surface area (Å²) in [4.78, 5) is 0. The number of benzene rings is 3. The minimum absolute atomic E-state index is 0.715. The van der Waals surface area contributed by atoms with E-state index in [2.05, 4.69) is 85.4 Å². The Morgan fingerprint density at radius 1 is 0.867 bits per heavy atom. The van der Waals surface area contributed by atoms with E-state index in [0.717, 1.165) is 11.2 Å². The molecule has 5 aromatic rings. The van der Waals surface area contributed by atoms with Crippen LogP contribution in [-0.2, 0) is 7.05 Å². The first-order valence-electron chi connectivity index (χ1n) is 11.0. The number of rotatable bonds is 2. The lowest BCUT2D eigenvalue weighted by molar-refractivity contribution is -0.660. The van der Waals surface area contributed by atoms with Crippen molar-refractivity contribution in [3.8, 4) is 11.3 Å². The van der Waals surface area contributed by atoms with Gasteiger partial charge in [0.15, 0.2) is 6.20 Å². The molecule has 2 aromatic heterocycles. The van der Waals surface area contributed by atoms with Crippen LogP contribution in [0.1, 0.15) is 42.7 Å². The summed E-state index contributed by atoms with van der Waals surface area (Å²) in [6.07, 6.45) is 7.58. The van der Waals surface area contributed by atoms with E-state index in [1.165, 1.54) is 69.6 Å². The predicted molar refractivity (Wildman–Crippen MR) is 124 cm³/mol. The molecule has 3 aromatic carbocycles. The molecule has 0 N–H and O–H groups in total. The normalized spacial score (nSPS) is 15.0. The fourth-order valence-electron chi connectivity index (χ4n) is 5.30. The number of pyridine rings is 1. The summed E-state index contributed by atoms with van der Waals surface area (Å²) in [5, 5.41) is 4.87. The Labute approximate surface area is 176 Å². The van der Waals surface area contributed by atoms with E-state index < -0.39 is 0 Å². The van der Waals surface area contributed by atoms with Crippen molar-refractivity contribution in [1.29, 1.82) is 0 Å². The highest BCUT2D eigenvalue weighted by atomic mass is 16.3. The van der Waals surface area contributed by atoms with E-state index in [1.54, 1.807) is 0 Å². The van der Waals surface area contributed by atoms with Gasteiger partial charge < -0.3 is 4.42 Å². The molecule has 1 fully saturated rings. The van der Waals surface area contributed by atoms with Crippen LogP contribution in [0.15, 0.2) is 71.3 Å². The number of hydrogen-bond acceptors (Lipinski definition) is 1. The fourth-order valence-corrected chi connectivity index (χ4v) is 5.30. The predicted octanol–water partition coefficient (Wildman–Crippen LogP) is 7.20. The average molecular weight is 393 g/mol. The minimum atomic E-state index is 0.715. The van der Waals surface area contributed by atoms with Gasteiger partial charge in [-0.2, -0.15) is 0 Å². The molecule has 0 aliphatic heterocycles. The van der Waals surface area contributed by atoms with E-state index in [4.69, 9.17) is 4.42 Å². The molecule has 2 heterocycles. The maximum absolute atomic E-state index is 6.41. The van der Waals surface area contributed by atoms with Crippen LogP contribution < -0.4 is 4.57 Å². The third-order valence-electron chi connectivity index (χ3n) is 7.03. The van der Waals surface area contributed by atoms with Gasteiger partial charge in [0, 0.05) is 28.5 Å². The summed E-state index contributed by atoms with van der Waals surface area (Å²) >= 11 is 0. The van der Waals surface area contributed by atoms with Gasteiger partial charge in [0.2, 0.25) is 5.69 Å². The van der Waals surface area contributed by atoms with Gasteiger partial charge in [0.05, 0.1) is 5.56 Å². The van der Waals surface area contributed by atoms with E-state index in [9.17, 15) is 0 Å². The molecule has 1 saturated carbocycles. The van der Waals surface area contributed by atoms with Gasteiger partial charge in [-0.05, 0) is 66.3 Å². The van der Waals surface area contributed by atoms with Crippen molar-refractivity contribution < 1.29 is 8.98 Å². The van der Waals surface area contributed by atoms with E-state index in [-0.39, 0.29) is 0 Å². The van der Waals surface area contributed by atoms with E-state index in [1.807, 2.05) is 0 Å². The molecule has 148 valence electrons. The maximum atomic E-state index is 6.41. The van der Waals surface area contributed by atoms with Crippen LogP contribution in [0.3, 0.4) is 0 Å². The van der Waals surface area contributed by atoms with Gasteiger partial charge >= 0.3 is 0 Å². The monoisotopic (exact) mass is 392 g/mol. The summed E-state index contributed by atoms with van der Waals surface area (Å²) in [7, 11) is 2.14. The molecule has 1 aliphatic rings. The Morgan fingerprint density at radius 3 is 2.43 bits per heavy atom. The zero-order valence-electron chi connectivity index (χ0n) is 17.6. The summed E-state index contributed by atoms with van der Waals surface area (Å²) in [5.74, 6) is 0.715. The number of aromatic nitrogens is 1. The van der Waals surface area contributed by atoms with Gasteiger partial charge in [-0.3, -0.25) is 0 Å². The molecular formula is C28H26NO+. The summed E-state index contributed by atoms with van der Waals surface area (Å²) < 4.78 is 8.65. The van der Waals surface area contributed by atoms with Gasteiger partial charge in [0.1, 0.15) is 18.2 Å². The molecule has 30 heavy (non-hydrogen) atoms. The van der Waals surface area contributed by atoms with Gasteiger partial charge in [-0.25, -0.2) is 4.57 Å². The number of nitrogens with zero attached hydrogens (tertiary/aromatic N) is 1. The van der Waals surface area contributed by atoms with Gasteiger partial charge in [-0.15, -0.1) is 0 Å². The Hall–Kier alpha value is -3.13. The first-order chi connectivity index (χ1) is 14.7. The third kappa shape index (κ3) is 2.67. The van der Waals surface area contributed by atoms with Crippen LogP contribution in [-0.4, -0.2) is 0 Å². The van der Waals surface area contributed by atoms with Crippen LogP contribution in [0.5, 0.6) is 0 Å². The average Bonchev–Trinajstić information content (AvgIpc) is 3.42. The first-order valence-corrected chi connectivity index (χ1v) is 11.0. The largest absolute Gasteiger partial charge is 0.456 e. The van der Waals surface area contributed by atoms with Crippen LogP contribution in [0, 0.1) is 6.92 Å². The second kappa shape index (κ2) is 6.70. The van der Waals surface area contributed by atoms with Crippen molar-refractivity contribution in [3.05, 3.63) is 78.0 Å². The molecule has 2 heteroatoms. The molecular weight excluding hydrogens is 366 g/mol. The fraction of sp³-hybridized carbons (Fsp3) is 0.250. The van der Waals surface area contributed by atoms with Gasteiger partial charge in [-0.1, -0.05) is 37.1 Å². The number of hydrogen-bond donors (Lipinski definition) is 0. The highest BCUT2D eigenvalue weighted by molar-refractivity contribution is 6.11. The lowest BCUT2D eigenvalue weighted by Crippen LogP contribution is -2.31. The van der Waals surface area contributed by atoms with E-state index >= 15 is 0 Å². The molecule has 6 rings (SSSR count). The zero-order chi connectivity index (χ0) is 20.2. The van der Waals surface area contributed by atoms with Crippen molar-refractivity contribution in [2.24, 2.45) is 7.05 Å². The molecule has 0 radical (unpaired) electrons. The Bertz CT molecular complexity index is 1420. The van der Waals surface area contributed by atoms with Crippen LogP contribution in [0.2, 0.25) is 0 Å². The number of furan rings is 1. The summed E-state index contributed by atoms with van der Waals surface area (Å²) in [6.45, 7) is 2.20. The Morgan fingerprint density at radius 2 is 1.63 bits per heavy atom. The summed E-state index contributed by atoms with van der Waals surface area (Å²) in [5.41, 5.74) is 7.19. The third-order valence-corrected chi connectivity index (χ3v) is 7.03. The molecule has 0 saturated heterocycles. The minimum Gasteiger partial charge on any atom is -0.456 e. The number of fused-ring (bicyclic) bond motifs is 4. The smallest absolute Gasteiger partial charge is 0.212 e. The standard InChI is InChI=1S/C28H26NO/c1-18-23(26-16-22(13-14-29(26)2)19-7-3-4-8-19)11-12-24-25-15-20-9-5-6-10-21(20)17-27(25)30-28(18)24/h5-6,9-17,19H,3-4,7-8H2,1-2H3/q+1. The lowest BCUT2D eigenvalue weighted by atomic mass is 9.95. The Kier molecular flexibility index (Phi) is 3.95. The topological polar surface area (TPSA) is 17.0 Å². The molecule has 0 amide bonds. The zero-order valence-corrected chi connectivity index (χ0v) is 17.6. The quantitative estimate of drug-likeness (QED) is 0.290. The summed E-state index contributed by atoms with van der Waals surface area (Å²) in [6, 6.07) is 22.1. The highest BCUT2D eigenvalue weighted by Crippen LogP contribution is 2.38. The highest BCUT2D eigenvalue weighted by Gasteiger charge is 2.22. The van der Waals surface area contributed by atoms with Crippen LogP contribution in [0.4, 0.5) is 0 Å². The van der Waals surface area contributed by atoms with Crippen molar-refractivity contribution in [2.45, 2.75) is 38.5 Å². The van der Waals surface area contributed by atoms with E-state index in [0.29, 0.717) is 5.92 Å². The van der Waals surface area contributed by atoms with Crippen molar-refractivity contribution in [3.63, 3.8) is 0 Å².